The van der Waals surface area contributed by atoms with Crippen molar-refractivity contribution in [1.29, 1.82) is 0 Å². The standard InChI is InChI=1S/C10H14N2O3/c1-14-9-5-7(6-11)3-4-8(9)12-10(13)15-2/h3-5H,6,11H2,1-2H3,(H,12,13). The highest BCUT2D eigenvalue weighted by atomic mass is 16.5. The molecule has 0 aromatic heterocycles. The fraction of sp³-hybridized carbons (Fsp3) is 0.300. The van der Waals surface area contributed by atoms with Gasteiger partial charge >= 0.3 is 6.09 Å². The Morgan fingerprint density at radius 2 is 2.20 bits per heavy atom. The van der Waals surface area contributed by atoms with Crippen LogP contribution in [0, 0.1) is 0 Å². The molecule has 3 N–H and O–H groups in total. The number of hydrogen-bond acceptors (Lipinski definition) is 4. The number of benzene rings is 1. The second-order valence-electron chi connectivity index (χ2n) is 2.86. The van der Waals surface area contributed by atoms with Crippen LogP contribution in [0.4, 0.5) is 10.5 Å². The van der Waals surface area contributed by atoms with Crippen LogP contribution in [0.15, 0.2) is 18.2 Å². The molecule has 0 aliphatic rings. The van der Waals surface area contributed by atoms with E-state index < -0.39 is 6.09 Å². The molecule has 0 radical (unpaired) electrons. The summed E-state index contributed by atoms with van der Waals surface area (Å²) in [6, 6.07) is 5.30. The predicted molar refractivity (Wildman–Crippen MR) is 56.9 cm³/mol. The van der Waals surface area contributed by atoms with Gasteiger partial charge in [0.15, 0.2) is 0 Å². The highest BCUT2D eigenvalue weighted by Gasteiger charge is 2.07. The fourth-order valence-corrected chi connectivity index (χ4v) is 1.13. The van der Waals surface area contributed by atoms with Crippen molar-refractivity contribution in [2.24, 2.45) is 5.73 Å². The monoisotopic (exact) mass is 210 g/mol. The highest BCUT2D eigenvalue weighted by molar-refractivity contribution is 5.86. The Morgan fingerprint density at radius 3 is 2.73 bits per heavy atom. The second-order valence-corrected chi connectivity index (χ2v) is 2.86. The van der Waals surface area contributed by atoms with E-state index in [9.17, 15) is 4.79 Å². The van der Waals surface area contributed by atoms with Crippen molar-refractivity contribution in [3.63, 3.8) is 0 Å². The average Bonchev–Trinajstić information content (AvgIpc) is 2.29. The maximum atomic E-state index is 11.0. The molecule has 15 heavy (non-hydrogen) atoms. The fourth-order valence-electron chi connectivity index (χ4n) is 1.13. The zero-order chi connectivity index (χ0) is 11.3. The molecule has 0 spiro atoms. The molecule has 1 aromatic carbocycles. The Hall–Kier alpha value is -1.75. The third-order valence-electron chi connectivity index (χ3n) is 1.92. The van der Waals surface area contributed by atoms with Crippen LogP contribution in [0.5, 0.6) is 5.75 Å². The molecule has 5 nitrogen and oxygen atoms in total. The molecule has 0 aliphatic heterocycles. The number of carbonyl (C=O) groups excluding carboxylic acids is 1. The minimum Gasteiger partial charge on any atom is -0.495 e. The highest BCUT2D eigenvalue weighted by Crippen LogP contribution is 2.25. The smallest absolute Gasteiger partial charge is 0.411 e. The molecule has 0 bridgehead atoms. The van der Waals surface area contributed by atoms with Crippen molar-refractivity contribution in [3.05, 3.63) is 23.8 Å². The van der Waals surface area contributed by atoms with E-state index in [1.807, 2.05) is 6.07 Å². The lowest BCUT2D eigenvalue weighted by Crippen LogP contribution is -2.12. The Kier molecular flexibility index (Phi) is 3.93. The van der Waals surface area contributed by atoms with Crippen molar-refractivity contribution in [2.75, 3.05) is 19.5 Å². The molecule has 0 saturated carbocycles. The summed E-state index contributed by atoms with van der Waals surface area (Å²) in [4.78, 5) is 11.0. The lowest BCUT2D eigenvalue weighted by atomic mass is 10.2. The maximum Gasteiger partial charge on any atom is 0.411 e. The molecule has 82 valence electrons. The molecule has 0 unspecified atom stereocenters. The summed E-state index contributed by atoms with van der Waals surface area (Å²) in [5.41, 5.74) is 6.97. The molecule has 0 atom stereocenters. The summed E-state index contributed by atoms with van der Waals surface area (Å²) in [5, 5.41) is 2.54. The van der Waals surface area contributed by atoms with Crippen LogP contribution < -0.4 is 15.8 Å². The number of nitrogens with one attached hydrogen (secondary N) is 1. The van der Waals surface area contributed by atoms with E-state index in [2.05, 4.69) is 10.1 Å². The van der Waals surface area contributed by atoms with Crippen LogP contribution >= 0.6 is 0 Å². The Labute approximate surface area is 88.2 Å². The molecule has 0 aliphatic carbocycles. The van der Waals surface area contributed by atoms with Crippen LogP contribution in [-0.4, -0.2) is 20.3 Å². The van der Waals surface area contributed by atoms with Crippen LogP contribution in [0.1, 0.15) is 5.56 Å². The van der Waals surface area contributed by atoms with Crippen molar-refractivity contribution in [1.82, 2.24) is 0 Å². The van der Waals surface area contributed by atoms with Crippen molar-refractivity contribution in [2.45, 2.75) is 6.54 Å². The summed E-state index contributed by atoms with van der Waals surface area (Å²) in [7, 11) is 2.83. The number of hydrogen-bond donors (Lipinski definition) is 2. The Bertz CT molecular complexity index is 353. The zero-order valence-electron chi connectivity index (χ0n) is 8.74. The quantitative estimate of drug-likeness (QED) is 0.789. The summed E-state index contributed by atoms with van der Waals surface area (Å²) in [5.74, 6) is 0.559. The molecule has 5 heteroatoms. The van der Waals surface area contributed by atoms with Gasteiger partial charge in [-0.05, 0) is 17.7 Å². The van der Waals surface area contributed by atoms with E-state index in [0.29, 0.717) is 18.0 Å². The normalized spacial score (nSPS) is 9.53. The number of amides is 1. The number of carbonyl (C=O) groups is 1. The van der Waals surface area contributed by atoms with Crippen molar-refractivity contribution < 1.29 is 14.3 Å². The van der Waals surface area contributed by atoms with Gasteiger partial charge in [0.2, 0.25) is 0 Å². The summed E-state index contributed by atoms with van der Waals surface area (Å²) in [6.07, 6.45) is -0.534. The number of nitrogens with two attached hydrogens (primary N) is 1. The van der Waals surface area contributed by atoms with Gasteiger partial charge in [-0.25, -0.2) is 4.79 Å². The molecule has 1 aromatic rings. The topological polar surface area (TPSA) is 73.6 Å². The van der Waals surface area contributed by atoms with Gasteiger partial charge in [0, 0.05) is 6.54 Å². The first-order valence-corrected chi connectivity index (χ1v) is 4.43. The van der Waals surface area contributed by atoms with Gasteiger partial charge < -0.3 is 15.2 Å². The van der Waals surface area contributed by atoms with Crippen LogP contribution in [0.2, 0.25) is 0 Å². The third-order valence-corrected chi connectivity index (χ3v) is 1.92. The number of anilines is 1. The summed E-state index contributed by atoms with van der Waals surface area (Å²) < 4.78 is 9.59. The lowest BCUT2D eigenvalue weighted by molar-refractivity contribution is 0.187. The van der Waals surface area contributed by atoms with Crippen LogP contribution in [0.3, 0.4) is 0 Å². The zero-order valence-corrected chi connectivity index (χ0v) is 8.74. The molecule has 0 saturated heterocycles. The summed E-state index contributed by atoms with van der Waals surface area (Å²) in [6.45, 7) is 0.425. The third kappa shape index (κ3) is 2.85. The van der Waals surface area contributed by atoms with Gasteiger partial charge in [-0.15, -0.1) is 0 Å². The first-order chi connectivity index (χ1) is 7.21. The second kappa shape index (κ2) is 5.21. The summed E-state index contributed by atoms with van der Waals surface area (Å²) >= 11 is 0. The van der Waals surface area contributed by atoms with Crippen LogP contribution in [-0.2, 0) is 11.3 Å². The number of ether oxygens (including phenoxy) is 2. The molecule has 0 heterocycles. The van der Waals surface area contributed by atoms with Gasteiger partial charge in [-0.1, -0.05) is 6.07 Å². The van der Waals surface area contributed by atoms with E-state index in [4.69, 9.17) is 10.5 Å². The minimum atomic E-state index is -0.534. The number of rotatable bonds is 3. The SMILES string of the molecule is COC(=O)Nc1ccc(CN)cc1OC. The Morgan fingerprint density at radius 1 is 1.47 bits per heavy atom. The predicted octanol–water partition coefficient (Wildman–Crippen LogP) is 1.33. The van der Waals surface area contributed by atoms with Crippen molar-refractivity contribution in [3.8, 4) is 5.75 Å². The molecular formula is C10H14N2O3. The van der Waals surface area contributed by atoms with Gasteiger partial charge in [-0.3, -0.25) is 5.32 Å². The molecule has 1 amide bonds. The largest absolute Gasteiger partial charge is 0.495 e. The van der Waals surface area contributed by atoms with E-state index >= 15 is 0 Å². The molecular weight excluding hydrogens is 196 g/mol. The molecule has 1 rings (SSSR count). The average molecular weight is 210 g/mol. The minimum absolute atomic E-state index is 0.425. The van der Waals surface area contributed by atoms with Gasteiger partial charge in [-0.2, -0.15) is 0 Å². The lowest BCUT2D eigenvalue weighted by Gasteiger charge is -2.10. The van der Waals surface area contributed by atoms with Gasteiger partial charge in [0.25, 0.3) is 0 Å². The Balaban J connectivity index is 2.92. The van der Waals surface area contributed by atoms with E-state index in [0.717, 1.165) is 5.56 Å². The first kappa shape index (κ1) is 11.3. The van der Waals surface area contributed by atoms with Crippen LogP contribution in [0.25, 0.3) is 0 Å². The first-order valence-electron chi connectivity index (χ1n) is 4.43. The maximum absolute atomic E-state index is 11.0. The van der Waals surface area contributed by atoms with Crippen molar-refractivity contribution >= 4 is 11.8 Å². The van der Waals surface area contributed by atoms with E-state index in [-0.39, 0.29) is 0 Å². The van der Waals surface area contributed by atoms with E-state index in [1.54, 1.807) is 12.1 Å². The van der Waals surface area contributed by atoms with E-state index in [1.165, 1.54) is 14.2 Å². The molecule has 0 fully saturated rings. The van der Waals surface area contributed by atoms with Gasteiger partial charge in [0.05, 0.1) is 19.9 Å². The van der Waals surface area contributed by atoms with Gasteiger partial charge in [0.1, 0.15) is 5.75 Å². The number of methoxy groups -OCH3 is 2.